The molecule has 29 heavy (non-hydrogen) atoms. The van der Waals surface area contributed by atoms with E-state index in [1.54, 1.807) is 12.1 Å². The molecule has 1 aliphatic heterocycles. The molecule has 1 amide bonds. The van der Waals surface area contributed by atoms with Crippen molar-refractivity contribution in [2.45, 2.75) is 19.4 Å². The zero-order valence-electron chi connectivity index (χ0n) is 16.7. The summed E-state index contributed by atoms with van der Waals surface area (Å²) in [5.41, 5.74) is 3.31. The highest BCUT2D eigenvalue weighted by Crippen LogP contribution is 2.38. The van der Waals surface area contributed by atoms with Crippen LogP contribution in [0.2, 0.25) is 0 Å². The molecular weight excluding hydrogens is 370 g/mol. The lowest BCUT2D eigenvalue weighted by atomic mass is 10.1. The summed E-state index contributed by atoms with van der Waals surface area (Å²) in [4.78, 5) is 17.2. The predicted octanol–water partition coefficient (Wildman–Crippen LogP) is 3.77. The van der Waals surface area contributed by atoms with Gasteiger partial charge in [0.25, 0.3) is 5.91 Å². The van der Waals surface area contributed by atoms with Gasteiger partial charge < -0.3 is 24.1 Å². The molecule has 0 bridgehead atoms. The van der Waals surface area contributed by atoms with Crippen LogP contribution in [0.15, 0.2) is 42.6 Å². The van der Waals surface area contributed by atoms with Crippen LogP contribution in [0.3, 0.4) is 0 Å². The van der Waals surface area contributed by atoms with E-state index in [0.29, 0.717) is 28.5 Å². The third-order valence-corrected chi connectivity index (χ3v) is 5.09. The standard InChI is InChI=1S/C22H23N3O4/c1-27-18-11-15(12-19(28-2)21(18)29-3)22(26)24-16-8-6-14(7-9-16)17-13-23-20-5-4-10-25(17)20/h6-9,11-13H,4-5,10H2,1-3H3,(H,24,26). The summed E-state index contributed by atoms with van der Waals surface area (Å²) >= 11 is 0. The smallest absolute Gasteiger partial charge is 0.255 e. The van der Waals surface area contributed by atoms with Crippen molar-refractivity contribution in [2.24, 2.45) is 0 Å². The highest BCUT2D eigenvalue weighted by Gasteiger charge is 2.18. The fourth-order valence-corrected chi connectivity index (χ4v) is 3.63. The van der Waals surface area contributed by atoms with Gasteiger partial charge in [0.05, 0.1) is 33.2 Å². The first-order valence-corrected chi connectivity index (χ1v) is 9.40. The number of hydrogen-bond donors (Lipinski definition) is 1. The third-order valence-electron chi connectivity index (χ3n) is 5.09. The molecule has 150 valence electrons. The van der Waals surface area contributed by atoms with Gasteiger partial charge in [0, 0.05) is 24.2 Å². The molecule has 2 heterocycles. The van der Waals surface area contributed by atoms with Crippen LogP contribution in [-0.2, 0) is 13.0 Å². The Morgan fingerprint density at radius 1 is 1.03 bits per heavy atom. The summed E-state index contributed by atoms with van der Waals surface area (Å²) in [6.07, 6.45) is 4.08. The van der Waals surface area contributed by atoms with E-state index < -0.39 is 0 Å². The molecule has 0 aliphatic carbocycles. The number of rotatable bonds is 6. The van der Waals surface area contributed by atoms with Crippen molar-refractivity contribution in [3.8, 4) is 28.5 Å². The predicted molar refractivity (Wildman–Crippen MR) is 110 cm³/mol. The number of imidazole rings is 1. The molecule has 0 spiro atoms. The number of aryl methyl sites for hydroxylation is 1. The Kier molecular flexibility index (Phi) is 5.12. The minimum Gasteiger partial charge on any atom is -0.493 e. The molecule has 0 saturated heterocycles. The van der Waals surface area contributed by atoms with E-state index in [4.69, 9.17) is 14.2 Å². The molecule has 7 heteroatoms. The molecule has 1 N–H and O–H groups in total. The Hall–Kier alpha value is -3.48. The third kappa shape index (κ3) is 3.51. The Balaban J connectivity index is 1.54. The van der Waals surface area contributed by atoms with Gasteiger partial charge in [-0.1, -0.05) is 12.1 Å². The Labute approximate surface area is 169 Å². The second-order valence-electron chi connectivity index (χ2n) is 6.76. The Morgan fingerprint density at radius 2 is 1.72 bits per heavy atom. The van der Waals surface area contributed by atoms with Gasteiger partial charge in [-0.25, -0.2) is 4.98 Å². The van der Waals surface area contributed by atoms with Crippen LogP contribution in [0.5, 0.6) is 17.2 Å². The van der Waals surface area contributed by atoms with Gasteiger partial charge >= 0.3 is 0 Å². The van der Waals surface area contributed by atoms with Crippen molar-refractivity contribution in [1.82, 2.24) is 9.55 Å². The van der Waals surface area contributed by atoms with Gasteiger partial charge in [-0.2, -0.15) is 0 Å². The van der Waals surface area contributed by atoms with E-state index in [9.17, 15) is 4.79 Å². The lowest BCUT2D eigenvalue weighted by molar-refractivity contribution is 0.102. The van der Waals surface area contributed by atoms with Crippen molar-refractivity contribution >= 4 is 11.6 Å². The summed E-state index contributed by atoms with van der Waals surface area (Å²) in [5.74, 6) is 2.19. The lowest BCUT2D eigenvalue weighted by Crippen LogP contribution is -2.12. The minimum atomic E-state index is -0.262. The van der Waals surface area contributed by atoms with Gasteiger partial charge in [0.1, 0.15) is 5.82 Å². The molecular formula is C22H23N3O4. The second kappa shape index (κ2) is 7.87. The number of carbonyl (C=O) groups excluding carboxylic acids is 1. The zero-order chi connectivity index (χ0) is 20.4. The fourth-order valence-electron chi connectivity index (χ4n) is 3.63. The SMILES string of the molecule is COc1cc(C(=O)Nc2ccc(-c3cnc4n3CCC4)cc2)cc(OC)c1OC. The molecule has 0 fully saturated rings. The first-order chi connectivity index (χ1) is 14.1. The maximum Gasteiger partial charge on any atom is 0.255 e. The average molecular weight is 393 g/mol. The molecule has 0 saturated carbocycles. The monoisotopic (exact) mass is 393 g/mol. The number of anilines is 1. The number of nitrogens with one attached hydrogen (secondary N) is 1. The normalized spacial score (nSPS) is 12.4. The quantitative estimate of drug-likeness (QED) is 0.690. The number of methoxy groups -OCH3 is 3. The van der Waals surface area contributed by atoms with E-state index in [0.717, 1.165) is 36.5 Å². The van der Waals surface area contributed by atoms with Gasteiger partial charge in [-0.05, 0) is 36.2 Å². The van der Waals surface area contributed by atoms with E-state index >= 15 is 0 Å². The summed E-state index contributed by atoms with van der Waals surface area (Å²) in [5, 5.41) is 2.91. The number of amides is 1. The van der Waals surface area contributed by atoms with Crippen molar-refractivity contribution < 1.29 is 19.0 Å². The number of hydrogen-bond acceptors (Lipinski definition) is 5. The first-order valence-electron chi connectivity index (χ1n) is 9.40. The molecule has 0 unspecified atom stereocenters. The zero-order valence-corrected chi connectivity index (χ0v) is 16.7. The van der Waals surface area contributed by atoms with Crippen LogP contribution in [0.25, 0.3) is 11.3 Å². The molecule has 1 aliphatic rings. The summed E-state index contributed by atoms with van der Waals surface area (Å²) < 4.78 is 18.2. The molecule has 3 aromatic rings. The highest BCUT2D eigenvalue weighted by molar-refractivity contribution is 6.05. The number of benzene rings is 2. The number of ether oxygens (including phenoxy) is 3. The van der Waals surface area contributed by atoms with Gasteiger partial charge in [0.2, 0.25) is 5.75 Å². The van der Waals surface area contributed by atoms with Crippen LogP contribution >= 0.6 is 0 Å². The maximum absolute atomic E-state index is 12.7. The molecule has 4 rings (SSSR count). The van der Waals surface area contributed by atoms with Crippen LogP contribution in [0.4, 0.5) is 5.69 Å². The van der Waals surface area contributed by atoms with E-state index in [-0.39, 0.29) is 5.91 Å². The van der Waals surface area contributed by atoms with Crippen LogP contribution in [-0.4, -0.2) is 36.8 Å². The molecule has 0 radical (unpaired) electrons. The van der Waals surface area contributed by atoms with Crippen molar-refractivity contribution in [3.63, 3.8) is 0 Å². The van der Waals surface area contributed by atoms with Crippen molar-refractivity contribution in [2.75, 3.05) is 26.6 Å². The average Bonchev–Trinajstić information content (AvgIpc) is 3.37. The van der Waals surface area contributed by atoms with Crippen LogP contribution in [0.1, 0.15) is 22.6 Å². The maximum atomic E-state index is 12.7. The van der Waals surface area contributed by atoms with Gasteiger partial charge in [0.15, 0.2) is 11.5 Å². The Bertz CT molecular complexity index is 1020. The van der Waals surface area contributed by atoms with E-state index in [1.807, 2.05) is 30.5 Å². The molecule has 2 aromatic carbocycles. The highest BCUT2D eigenvalue weighted by atomic mass is 16.5. The van der Waals surface area contributed by atoms with Gasteiger partial charge in [-0.15, -0.1) is 0 Å². The second-order valence-corrected chi connectivity index (χ2v) is 6.76. The fraction of sp³-hybridized carbons (Fsp3) is 0.273. The summed E-state index contributed by atoms with van der Waals surface area (Å²) in [6, 6.07) is 11.0. The number of aromatic nitrogens is 2. The molecule has 0 atom stereocenters. The Morgan fingerprint density at radius 3 is 2.34 bits per heavy atom. The largest absolute Gasteiger partial charge is 0.493 e. The lowest BCUT2D eigenvalue weighted by Gasteiger charge is -2.14. The van der Waals surface area contributed by atoms with Gasteiger partial charge in [-0.3, -0.25) is 4.79 Å². The van der Waals surface area contributed by atoms with Crippen molar-refractivity contribution in [1.29, 1.82) is 0 Å². The molecule has 7 nitrogen and oxygen atoms in total. The number of nitrogens with zero attached hydrogens (tertiary/aromatic N) is 2. The minimum absolute atomic E-state index is 0.262. The topological polar surface area (TPSA) is 74.6 Å². The first kappa shape index (κ1) is 18.9. The number of carbonyl (C=O) groups is 1. The van der Waals surface area contributed by atoms with Crippen LogP contribution < -0.4 is 19.5 Å². The number of fused-ring (bicyclic) bond motifs is 1. The summed E-state index contributed by atoms with van der Waals surface area (Å²) in [7, 11) is 4.56. The van der Waals surface area contributed by atoms with Crippen LogP contribution in [0, 0.1) is 0 Å². The molecule has 1 aromatic heterocycles. The van der Waals surface area contributed by atoms with Crippen molar-refractivity contribution in [3.05, 3.63) is 54.0 Å². The van der Waals surface area contributed by atoms with E-state index in [2.05, 4.69) is 14.9 Å². The van der Waals surface area contributed by atoms with E-state index in [1.165, 1.54) is 21.3 Å². The summed E-state index contributed by atoms with van der Waals surface area (Å²) in [6.45, 7) is 1.00.